The van der Waals surface area contributed by atoms with E-state index in [1.807, 2.05) is 17.9 Å². The predicted octanol–water partition coefficient (Wildman–Crippen LogP) is 1.42. The number of likely N-dealkylation sites (N-methyl/N-ethyl adjacent to an activating group) is 1. The molecule has 2 heterocycles. The van der Waals surface area contributed by atoms with Crippen LogP contribution in [-0.4, -0.2) is 28.8 Å². The van der Waals surface area contributed by atoms with E-state index in [0.717, 1.165) is 28.7 Å². The number of hydrogen-bond acceptors (Lipinski definition) is 6. The Bertz CT molecular complexity index is 382. The van der Waals surface area contributed by atoms with Gasteiger partial charge in [-0.2, -0.15) is 0 Å². The lowest BCUT2D eigenvalue weighted by Gasteiger charge is -1.91. The van der Waals surface area contributed by atoms with E-state index in [9.17, 15) is 0 Å². The molecule has 0 saturated heterocycles. The first-order valence-electron chi connectivity index (χ1n) is 4.25. The van der Waals surface area contributed by atoms with Crippen molar-refractivity contribution in [3.8, 4) is 10.7 Å². The SMILES string of the molecule is CNCCc1nnc(-c2cscn2)s1. The van der Waals surface area contributed by atoms with Gasteiger partial charge in [0.2, 0.25) is 0 Å². The highest BCUT2D eigenvalue weighted by Gasteiger charge is 2.07. The van der Waals surface area contributed by atoms with E-state index in [-0.39, 0.29) is 0 Å². The van der Waals surface area contributed by atoms with Crippen molar-refractivity contribution in [1.29, 1.82) is 0 Å². The second kappa shape index (κ2) is 4.59. The molecular formula is C8H10N4S2. The van der Waals surface area contributed by atoms with Crippen molar-refractivity contribution >= 4 is 22.7 Å². The summed E-state index contributed by atoms with van der Waals surface area (Å²) in [6.07, 6.45) is 0.929. The van der Waals surface area contributed by atoms with Gasteiger partial charge in [0, 0.05) is 18.3 Å². The summed E-state index contributed by atoms with van der Waals surface area (Å²) in [6, 6.07) is 0. The quantitative estimate of drug-likeness (QED) is 0.856. The Labute approximate surface area is 90.0 Å². The molecule has 0 aliphatic carbocycles. The molecule has 0 amide bonds. The number of nitrogens with one attached hydrogen (secondary N) is 1. The van der Waals surface area contributed by atoms with Crippen LogP contribution in [0.4, 0.5) is 0 Å². The summed E-state index contributed by atoms with van der Waals surface area (Å²) in [7, 11) is 1.93. The van der Waals surface area contributed by atoms with Crippen LogP contribution in [0.2, 0.25) is 0 Å². The zero-order chi connectivity index (χ0) is 9.80. The molecule has 0 unspecified atom stereocenters. The zero-order valence-electron chi connectivity index (χ0n) is 7.73. The van der Waals surface area contributed by atoms with Gasteiger partial charge >= 0.3 is 0 Å². The Morgan fingerprint density at radius 2 is 2.36 bits per heavy atom. The first kappa shape index (κ1) is 9.70. The topological polar surface area (TPSA) is 50.7 Å². The molecular weight excluding hydrogens is 216 g/mol. The van der Waals surface area contributed by atoms with Gasteiger partial charge in [-0.15, -0.1) is 21.5 Å². The zero-order valence-corrected chi connectivity index (χ0v) is 9.36. The van der Waals surface area contributed by atoms with Crippen LogP contribution < -0.4 is 5.32 Å². The second-order valence-corrected chi connectivity index (χ2v) is 4.51. The second-order valence-electron chi connectivity index (χ2n) is 2.73. The Morgan fingerprint density at radius 3 is 3.07 bits per heavy atom. The third-order valence-electron chi connectivity index (χ3n) is 1.71. The Balaban J connectivity index is 2.10. The average Bonchev–Trinajstić information content (AvgIpc) is 2.85. The summed E-state index contributed by atoms with van der Waals surface area (Å²) < 4.78 is 0. The Hall–Kier alpha value is -0.850. The molecule has 0 spiro atoms. The summed E-state index contributed by atoms with van der Waals surface area (Å²) in [5, 5.41) is 15.2. The highest BCUT2D eigenvalue weighted by atomic mass is 32.1. The lowest BCUT2D eigenvalue weighted by molar-refractivity contribution is 0.779. The van der Waals surface area contributed by atoms with Gasteiger partial charge in [0.05, 0.1) is 5.51 Å². The van der Waals surface area contributed by atoms with Crippen LogP contribution in [0.25, 0.3) is 10.7 Å². The van der Waals surface area contributed by atoms with E-state index in [2.05, 4.69) is 20.5 Å². The summed E-state index contributed by atoms with van der Waals surface area (Å²) in [5.41, 5.74) is 2.74. The van der Waals surface area contributed by atoms with Crippen molar-refractivity contribution in [3.63, 3.8) is 0 Å². The fraction of sp³-hybridized carbons (Fsp3) is 0.375. The first-order valence-corrected chi connectivity index (χ1v) is 6.01. The highest BCUT2D eigenvalue weighted by molar-refractivity contribution is 7.15. The standard InChI is InChI=1S/C8H10N4S2/c1-9-3-2-7-11-12-8(14-7)6-4-13-5-10-6/h4-5,9H,2-3H2,1H3. The maximum Gasteiger partial charge on any atom is 0.167 e. The third kappa shape index (κ3) is 2.14. The van der Waals surface area contributed by atoms with Gasteiger partial charge in [-0.3, -0.25) is 0 Å². The molecule has 0 bridgehead atoms. The molecule has 0 fully saturated rings. The van der Waals surface area contributed by atoms with Crippen molar-refractivity contribution in [2.45, 2.75) is 6.42 Å². The van der Waals surface area contributed by atoms with Gasteiger partial charge in [0.25, 0.3) is 0 Å². The minimum atomic E-state index is 0.914. The van der Waals surface area contributed by atoms with Crippen LogP contribution in [0, 0.1) is 0 Å². The van der Waals surface area contributed by atoms with E-state index >= 15 is 0 Å². The maximum atomic E-state index is 4.19. The Morgan fingerprint density at radius 1 is 1.43 bits per heavy atom. The van der Waals surface area contributed by atoms with Crippen molar-refractivity contribution < 1.29 is 0 Å². The van der Waals surface area contributed by atoms with E-state index in [4.69, 9.17) is 0 Å². The molecule has 14 heavy (non-hydrogen) atoms. The van der Waals surface area contributed by atoms with Gasteiger partial charge < -0.3 is 5.32 Å². The molecule has 2 aromatic heterocycles. The fourth-order valence-corrected chi connectivity index (χ4v) is 2.43. The molecule has 0 aromatic carbocycles. The minimum absolute atomic E-state index is 0.914. The summed E-state index contributed by atoms with van der Waals surface area (Å²) >= 11 is 3.19. The molecule has 4 nitrogen and oxygen atoms in total. The van der Waals surface area contributed by atoms with Crippen LogP contribution in [0.15, 0.2) is 10.9 Å². The van der Waals surface area contributed by atoms with Gasteiger partial charge in [-0.1, -0.05) is 11.3 Å². The molecule has 0 radical (unpaired) electrons. The van der Waals surface area contributed by atoms with Crippen molar-refractivity contribution in [1.82, 2.24) is 20.5 Å². The average molecular weight is 226 g/mol. The summed E-state index contributed by atoms with van der Waals surface area (Å²) in [6.45, 7) is 0.936. The van der Waals surface area contributed by atoms with Crippen LogP contribution in [0.3, 0.4) is 0 Å². The van der Waals surface area contributed by atoms with Gasteiger partial charge in [0.15, 0.2) is 5.01 Å². The number of rotatable bonds is 4. The molecule has 0 aliphatic heterocycles. The number of thiazole rings is 1. The molecule has 6 heteroatoms. The smallest absolute Gasteiger partial charge is 0.167 e. The lowest BCUT2D eigenvalue weighted by Crippen LogP contribution is -2.09. The van der Waals surface area contributed by atoms with E-state index in [0.29, 0.717) is 0 Å². The minimum Gasteiger partial charge on any atom is -0.319 e. The van der Waals surface area contributed by atoms with Gasteiger partial charge in [-0.05, 0) is 7.05 Å². The number of nitrogens with zero attached hydrogens (tertiary/aromatic N) is 3. The monoisotopic (exact) mass is 226 g/mol. The maximum absolute atomic E-state index is 4.19. The molecule has 0 saturated carbocycles. The molecule has 2 aromatic rings. The molecule has 1 N–H and O–H groups in total. The molecule has 0 atom stereocenters. The van der Waals surface area contributed by atoms with Crippen molar-refractivity contribution in [2.24, 2.45) is 0 Å². The summed E-state index contributed by atoms with van der Waals surface area (Å²) in [5.74, 6) is 0. The predicted molar refractivity (Wildman–Crippen MR) is 58.6 cm³/mol. The van der Waals surface area contributed by atoms with Crippen LogP contribution >= 0.6 is 22.7 Å². The van der Waals surface area contributed by atoms with E-state index in [1.165, 1.54) is 0 Å². The largest absolute Gasteiger partial charge is 0.319 e. The highest BCUT2D eigenvalue weighted by Crippen LogP contribution is 2.22. The molecule has 74 valence electrons. The van der Waals surface area contributed by atoms with Crippen LogP contribution in [0.5, 0.6) is 0 Å². The van der Waals surface area contributed by atoms with Crippen LogP contribution in [-0.2, 0) is 6.42 Å². The van der Waals surface area contributed by atoms with Crippen molar-refractivity contribution in [3.05, 3.63) is 15.9 Å². The van der Waals surface area contributed by atoms with Crippen LogP contribution in [0.1, 0.15) is 5.01 Å². The van der Waals surface area contributed by atoms with E-state index in [1.54, 1.807) is 22.7 Å². The van der Waals surface area contributed by atoms with Gasteiger partial charge in [-0.25, -0.2) is 4.98 Å². The summed E-state index contributed by atoms with van der Waals surface area (Å²) in [4.78, 5) is 4.19. The van der Waals surface area contributed by atoms with Crippen molar-refractivity contribution in [2.75, 3.05) is 13.6 Å². The normalized spacial score (nSPS) is 10.6. The fourth-order valence-electron chi connectivity index (χ4n) is 1.01. The lowest BCUT2D eigenvalue weighted by atomic mass is 10.4. The third-order valence-corrected chi connectivity index (χ3v) is 3.30. The molecule has 0 aliphatic rings. The van der Waals surface area contributed by atoms with Gasteiger partial charge in [0.1, 0.15) is 10.7 Å². The Kier molecular flexibility index (Phi) is 3.18. The number of aromatic nitrogens is 3. The van der Waals surface area contributed by atoms with E-state index < -0.39 is 0 Å². The molecule has 2 rings (SSSR count). The first-order chi connectivity index (χ1) is 6.90. The number of hydrogen-bond donors (Lipinski definition) is 1.